The summed E-state index contributed by atoms with van der Waals surface area (Å²) in [5.74, 6) is 2.13. The molecule has 0 saturated heterocycles. The van der Waals surface area contributed by atoms with Crippen molar-refractivity contribution in [1.29, 1.82) is 0 Å². The van der Waals surface area contributed by atoms with Crippen LogP contribution < -0.4 is 5.73 Å². The SMILES string of the molecule is CN(C[C@H]1CC[C@@](O)(n2ccc3c(N)ncnc32)[C@@H]1O)C1CC(CCc2nc3ccc(C(C)(C)C)cc3[nH]2)C1. The average Bonchev–Trinajstić information content (AvgIpc) is 3.55. The average molecular weight is 532 g/mol. The van der Waals surface area contributed by atoms with Crippen LogP contribution in [0.2, 0.25) is 0 Å². The minimum atomic E-state index is -1.39. The molecule has 39 heavy (non-hydrogen) atoms. The van der Waals surface area contributed by atoms with E-state index < -0.39 is 11.8 Å². The minimum Gasteiger partial charge on any atom is -0.388 e. The lowest BCUT2D eigenvalue weighted by Gasteiger charge is -2.43. The molecule has 2 aliphatic rings. The predicted molar refractivity (Wildman–Crippen MR) is 153 cm³/mol. The zero-order valence-electron chi connectivity index (χ0n) is 23.4. The molecule has 0 spiro atoms. The van der Waals surface area contributed by atoms with Crippen LogP contribution in [0, 0.1) is 11.8 Å². The van der Waals surface area contributed by atoms with E-state index in [-0.39, 0.29) is 11.3 Å². The number of aromatic amines is 1. The number of aromatic nitrogens is 5. The number of H-pyrrole nitrogens is 1. The maximum absolute atomic E-state index is 11.5. The molecule has 2 aliphatic carbocycles. The fourth-order valence-corrected chi connectivity index (χ4v) is 6.62. The van der Waals surface area contributed by atoms with Crippen molar-refractivity contribution in [3.05, 3.63) is 48.2 Å². The molecule has 208 valence electrons. The molecule has 0 aliphatic heterocycles. The number of nitrogens with one attached hydrogen (secondary N) is 1. The summed E-state index contributed by atoms with van der Waals surface area (Å²) < 4.78 is 1.67. The number of hydrogen-bond donors (Lipinski definition) is 4. The normalized spacial score (nSPS) is 27.6. The highest BCUT2D eigenvalue weighted by Crippen LogP contribution is 2.42. The Morgan fingerprint density at radius 3 is 2.77 bits per heavy atom. The summed E-state index contributed by atoms with van der Waals surface area (Å²) in [6.45, 7) is 7.47. The molecule has 0 unspecified atom stereocenters. The number of nitrogens with two attached hydrogens (primary N) is 1. The summed E-state index contributed by atoms with van der Waals surface area (Å²) in [5.41, 5.74) is 8.76. The Hall–Kier alpha value is -3.01. The van der Waals surface area contributed by atoms with Crippen LogP contribution >= 0.6 is 0 Å². The van der Waals surface area contributed by atoms with Gasteiger partial charge in [0.15, 0.2) is 5.72 Å². The van der Waals surface area contributed by atoms with Crippen LogP contribution in [0.3, 0.4) is 0 Å². The zero-order chi connectivity index (χ0) is 27.5. The van der Waals surface area contributed by atoms with E-state index in [2.05, 4.69) is 65.9 Å². The van der Waals surface area contributed by atoms with Gasteiger partial charge in [-0.25, -0.2) is 15.0 Å². The maximum Gasteiger partial charge on any atom is 0.169 e. The third-order valence-corrected chi connectivity index (χ3v) is 9.28. The fraction of sp³-hybridized carbons (Fsp3) is 0.567. The van der Waals surface area contributed by atoms with Gasteiger partial charge in [0.05, 0.1) is 16.4 Å². The van der Waals surface area contributed by atoms with E-state index in [4.69, 9.17) is 10.7 Å². The second-order valence-electron chi connectivity index (χ2n) is 12.9. The number of aliphatic hydroxyl groups excluding tert-OH is 1. The first-order valence-corrected chi connectivity index (χ1v) is 14.2. The highest BCUT2D eigenvalue weighted by Gasteiger charge is 2.49. The first-order chi connectivity index (χ1) is 18.5. The van der Waals surface area contributed by atoms with Gasteiger partial charge < -0.3 is 30.4 Å². The number of benzene rings is 1. The van der Waals surface area contributed by atoms with Crippen LogP contribution in [0.5, 0.6) is 0 Å². The molecule has 0 radical (unpaired) electrons. The smallest absolute Gasteiger partial charge is 0.169 e. The molecule has 1 aromatic carbocycles. The Morgan fingerprint density at radius 1 is 1.21 bits per heavy atom. The van der Waals surface area contributed by atoms with Crippen molar-refractivity contribution in [2.45, 2.75) is 82.6 Å². The quantitative estimate of drug-likeness (QED) is 0.284. The number of nitrogen functional groups attached to an aromatic ring is 1. The minimum absolute atomic E-state index is 0.00998. The number of aliphatic hydroxyl groups is 2. The van der Waals surface area contributed by atoms with E-state index >= 15 is 0 Å². The van der Waals surface area contributed by atoms with Gasteiger partial charge in [0, 0.05) is 31.1 Å². The zero-order valence-corrected chi connectivity index (χ0v) is 23.4. The van der Waals surface area contributed by atoms with Crippen LogP contribution in [0.25, 0.3) is 22.1 Å². The number of hydrogen-bond acceptors (Lipinski definition) is 7. The van der Waals surface area contributed by atoms with E-state index in [0.29, 0.717) is 35.2 Å². The lowest BCUT2D eigenvalue weighted by Crippen LogP contribution is -2.48. The number of aryl methyl sites for hydroxylation is 1. The lowest BCUT2D eigenvalue weighted by atomic mass is 9.76. The number of anilines is 1. The van der Waals surface area contributed by atoms with E-state index in [1.165, 1.54) is 11.9 Å². The van der Waals surface area contributed by atoms with Gasteiger partial charge in [-0.1, -0.05) is 26.8 Å². The first kappa shape index (κ1) is 26.2. The van der Waals surface area contributed by atoms with E-state index in [0.717, 1.165) is 55.5 Å². The highest BCUT2D eigenvalue weighted by atomic mass is 16.4. The molecule has 0 bridgehead atoms. The van der Waals surface area contributed by atoms with Gasteiger partial charge in [0.2, 0.25) is 0 Å². The molecule has 5 N–H and O–H groups in total. The third kappa shape index (κ3) is 4.70. The van der Waals surface area contributed by atoms with Crippen molar-refractivity contribution in [3.8, 4) is 0 Å². The fourth-order valence-electron chi connectivity index (χ4n) is 6.62. The monoisotopic (exact) mass is 531 g/mol. The number of rotatable bonds is 7. The van der Waals surface area contributed by atoms with Gasteiger partial charge >= 0.3 is 0 Å². The molecule has 2 saturated carbocycles. The van der Waals surface area contributed by atoms with E-state index in [9.17, 15) is 10.2 Å². The molecule has 0 amide bonds. The second kappa shape index (κ2) is 9.57. The second-order valence-corrected chi connectivity index (χ2v) is 12.9. The Morgan fingerprint density at radius 2 is 2.00 bits per heavy atom. The molecule has 9 nitrogen and oxygen atoms in total. The Balaban J connectivity index is 1.02. The topological polar surface area (TPSA) is 129 Å². The first-order valence-electron chi connectivity index (χ1n) is 14.2. The van der Waals surface area contributed by atoms with Gasteiger partial charge in [-0.05, 0) is 74.2 Å². The van der Waals surface area contributed by atoms with Crippen LogP contribution in [-0.4, -0.2) is 65.4 Å². The lowest BCUT2D eigenvalue weighted by molar-refractivity contribution is -0.126. The van der Waals surface area contributed by atoms with Crippen LogP contribution in [-0.2, 0) is 17.6 Å². The third-order valence-electron chi connectivity index (χ3n) is 9.28. The van der Waals surface area contributed by atoms with E-state index in [1.807, 2.05) is 0 Å². The van der Waals surface area contributed by atoms with Crippen molar-refractivity contribution >= 4 is 27.9 Å². The summed E-state index contributed by atoms with van der Waals surface area (Å²) in [7, 11) is 2.15. The predicted octanol–water partition coefficient (Wildman–Crippen LogP) is 3.95. The molecular formula is C30H41N7O2. The summed E-state index contributed by atoms with van der Waals surface area (Å²) >= 11 is 0. The number of nitrogens with zero attached hydrogens (tertiary/aromatic N) is 5. The van der Waals surface area contributed by atoms with Crippen LogP contribution in [0.15, 0.2) is 36.8 Å². The van der Waals surface area contributed by atoms with Gasteiger partial charge in [0.1, 0.15) is 29.7 Å². The molecule has 2 fully saturated rings. The molecule has 3 aromatic heterocycles. The van der Waals surface area contributed by atoms with Crippen molar-refractivity contribution in [3.63, 3.8) is 0 Å². The summed E-state index contributed by atoms with van der Waals surface area (Å²) in [6, 6.07) is 8.87. The van der Waals surface area contributed by atoms with Crippen molar-refractivity contribution in [2.75, 3.05) is 19.3 Å². The van der Waals surface area contributed by atoms with Gasteiger partial charge in [-0.3, -0.25) is 0 Å². The van der Waals surface area contributed by atoms with Gasteiger partial charge in [0.25, 0.3) is 0 Å². The van der Waals surface area contributed by atoms with Crippen molar-refractivity contribution in [1.82, 2.24) is 29.4 Å². The number of fused-ring (bicyclic) bond motifs is 2. The summed E-state index contributed by atoms with van der Waals surface area (Å²) in [6.07, 6.45) is 7.92. The highest BCUT2D eigenvalue weighted by molar-refractivity contribution is 5.86. The van der Waals surface area contributed by atoms with Crippen molar-refractivity contribution < 1.29 is 10.2 Å². The molecular weight excluding hydrogens is 490 g/mol. The Labute approximate surface area is 229 Å². The van der Waals surface area contributed by atoms with Crippen molar-refractivity contribution in [2.24, 2.45) is 11.8 Å². The number of imidazole rings is 1. The Bertz CT molecular complexity index is 1480. The largest absolute Gasteiger partial charge is 0.388 e. The Kier molecular flexibility index (Phi) is 6.44. The van der Waals surface area contributed by atoms with E-state index in [1.54, 1.807) is 16.8 Å². The molecule has 4 aromatic rings. The van der Waals surface area contributed by atoms with Crippen LogP contribution in [0.1, 0.15) is 64.3 Å². The molecule has 6 rings (SSSR count). The van der Waals surface area contributed by atoms with Gasteiger partial charge in [-0.2, -0.15) is 0 Å². The van der Waals surface area contributed by atoms with Crippen LogP contribution in [0.4, 0.5) is 5.82 Å². The molecule has 3 atom stereocenters. The molecule has 3 heterocycles. The maximum atomic E-state index is 11.5. The summed E-state index contributed by atoms with van der Waals surface area (Å²) in [4.78, 5) is 19.1. The standard InChI is InChI=1S/C30H41N7O2/c1-29(2,3)20-6-7-23-24(15-20)35-25(34-23)8-5-18-13-21(14-18)36(4)16-19-9-11-30(39,26(19)38)37-12-10-22-27(31)32-17-33-28(22)37/h6-7,10,12,15,17-19,21,26,38-39H,5,8-9,11,13-14,16H2,1-4H3,(H,34,35)(H2,31,32,33)/t18?,19-,21?,26-,30+/m1/s1. The molecule has 9 heteroatoms. The van der Waals surface area contributed by atoms with Gasteiger partial charge in [-0.15, -0.1) is 0 Å². The summed E-state index contributed by atoms with van der Waals surface area (Å²) in [5, 5.41) is 23.4.